The summed E-state index contributed by atoms with van der Waals surface area (Å²) in [7, 11) is 0. The Balaban J connectivity index is 1.81. The molecule has 1 aromatic carbocycles. The van der Waals surface area contributed by atoms with Gasteiger partial charge in [-0.2, -0.15) is 0 Å². The molecule has 1 nitrogen and oxygen atoms in total. The Morgan fingerprint density at radius 3 is 2.50 bits per heavy atom. The minimum absolute atomic E-state index is 0.327. The first-order chi connectivity index (χ1) is 9.47. The van der Waals surface area contributed by atoms with Gasteiger partial charge in [0.1, 0.15) is 5.75 Å². The van der Waals surface area contributed by atoms with Crippen LogP contribution >= 0.6 is 11.6 Å². The second-order valence-electron chi connectivity index (χ2n) is 7.10. The molecule has 0 saturated heterocycles. The molecule has 0 amide bonds. The van der Waals surface area contributed by atoms with E-state index in [1.54, 1.807) is 0 Å². The SMILES string of the molecule is CC(C)(C)C1CCC(Cl)C(CCOc2ccccc2)C1. The normalized spacial score (nSPS) is 27.3. The third-order valence-electron chi connectivity index (χ3n) is 4.61. The first-order valence-electron chi connectivity index (χ1n) is 7.78. The molecule has 1 fully saturated rings. The number of halogens is 1. The van der Waals surface area contributed by atoms with Gasteiger partial charge in [0.05, 0.1) is 6.61 Å². The van der Waals surface area contributed by atoms with Crippen LogP contribution in [0.15, 0.2) is 30.3 Å². The summed E-state index contributed by atoms with van der Waals surface area (Å²) in [6.45, 7) is 7.83. The fraction of sp³-hybridized carbons (Fsp3) is 0.667. The van der Waals surface area contributed by atoms with Gasteiger partial charge in [-0.05, 0) is 55.1 Å². The second-order valence-corrected chi connectivity index (χ2v) is 7.66. The number of ether oxygens (including phenoxy) is 1. The van der Waals surface area contributed by atoms with Crippen LogP contribution in [0, 0.1) is 17.3 Å². The topological polar surface area (TPSA) is 9.23 Å². The highest BCUT2D eigenvalue weighted by atomic mass is 35.5. The van der Waals surface area contributed by atoms with Crippen LogP contribution < -0.4 is 4.74 Å². The van der Waals surface area contributed by atoms with Gasteiger partial charge < -0.3 is 4.74 Å². The number of rotatable bonds is 4. The zero-order valence-electron chi connectivity index (χ0n) is 12.9. The summed E-state index contributed by atoms with van der Waals surface area (Å²) in [6.07, 6.45) is 4.73. The summed E-state index contributed by atoms with van der Waals surface area (Å²) in [5.74, 6) is 2.35. The highest BCUT2D eigenvalue weighted by Crippen LogP contribution is 2.43. The number of hydrogen-bond donors (Lipinski definition) is 0. The molecule has 1 aliphatic rings. The van der Waals surface area contributed by atoms with E-state index in [4.69, 9.17) is 16.3 Å². The molecule has 1 aromatic rings. The lowest BCUT2D eigenvalue weighted by molar-refractivity contribution is 0.130. The lowest BCUT2D eigenvalue weighted by Gasteiger charge is -2.40. The van der Waals surface area contributed by atoms with Crippen molar-refractivity contribution in [2.45, 2.75) is 51.8 Å². The van der Waals surface area contributed by atoms with Crippen LogP contribution in [0.4, 0.5) is 0 Å². The number of hydrogen-bond acceptors (Lipinski definition) is 1. The standard InChI is InChI=1S/C18H27ClO/c1-18(2,3)15-9-10-17(19)14(13-15)11-12-20-16-7-5-4-6-8-16/h4-8,14-15,17H,9-13H2,1-3H3. The molecule has 3 unspecified atom stereocenters. The van der Waals surface area contributed by atoms with Gasteiger partial charge in [-0.25, -0.2) is 0 Å². The Morgan fingerprint density at radius 2 is 1.85 bits per heavy atom. The van der Waals surface area contributed by atoms with Crippen molar-refractivity contribution < 1.29 is 4.74 Å². The molecular weight excluding hydrogens is 268 g/mol. The van der Waals surface area contributed by atoms with Gasteiger partial charge in [0.15, 0.2) is 0 Å². The highest BCUT2D eigenvalue weighted by Gasteiger charge is 2.34. The van der Waals surface area contributed by atoms with Gasteiger partial charge in [0.25, 0.3) is 0 Å². The molecule has 0 radical (unpaired) electrons. The maximum Gasteiger partial charge on any atom is 0.119 e. The Bertz CT molecular complexity index is 396. The van der Waals surface area contributed by atoms with Crippen molar-refractivity contribution in [2.24, 2.45) is 17.3 Å². The lowest BCUT2D eigenvalue weighted by atomic mass is 9.68. The smallest absolute Gasteiger partial charge is 0.119 e. The van der Waals surface area contributed by atoms with E-state index in [9.17, 15) is 0 Å². The highest BCUT2D eigenvalue weighted by molar-refractivity contribution is 6.20. The Kier molecular flexibility index (Phi) is 5.37. The van der Waals surface area contributed by atoms with Crippen molar-refractivity contribution in [1.82, 2.24) is 0 Å². The van der Waals surface area contributed by atoms with Gasteiger partial charge in [-0.3, -0.25) is 0 Å². The minimum atomic E-state index is 0.327. The van der Waals surface area contributed by atoms with Gasteiger partial charge >= 0.3 is 0 Å². The fourth-order valence-corrected chi connectivity index (χ4v) is 3.51. The number of benzene rings is 1. The lowest BCUT2D eigenvalue weighted by Crippen LogP contribution is -2.33. The van der Waals surface area contributed by atoms with E-state index in [0.717, 1.165) is 31.1 Å². The summed E-state index contributed by atoms with van der Waals surface area (Å²) < 4.78 is 5.82. The van der Waals surface area contributed by atoms with Gasteiger partial charge in [-0.15, -0.1) is 11.6 Å². The average molecular weight is 295 g/mol. The van der Waals surface area contributed by atoms with Crippen molar-refractivity contribution >= 4 is 11.6 Å². The van der Waals surface area contributed by atoms with E-state index >= 15 is 0 Å². The van der Waals surface area contributed by atoms with Crippen molar-refractivity contribution in [3.63, 3.8) is 0 Å². The molecule has 1 aliphatic carbocycles. The molecule has 2 rings (SSSR count). The van der Waals surface area contributed by atoms with E-state index in [-0.39, 0.29) is 0 Å². The predicted octanol–water partition coefficient (Wildman–Crippen LogP) is 5.53. The molecule has 0 heterocycles. The van der Waals surface area contributed by atoms with E-state index in [0.29, 0.717) is 16.7 Å². The van der Waals surface area contributed by atoms with E-state index < -0.39 is 0 Å². The van der Waals surface area contributed by atoms with Crippen LogP contribution in [0.3, 0.4) is 0 Å². The molecule has 0 bridgehead atoms. The third-order valence-corrected chi connectivity index (χ3v) is 5.19. The van der Waals surface area contributed by atoms with Crippen LogP contribution in [0.1, 0.15) is 46.5 Å². The first-order valence-corrected chi connectivity index (χ1v) is 8.22. The van der Waals surface area contributed by atoms with E-state index in [1.165, 1.54) is 12.8 Å². The maximum atomic E-state index is 6.52. The summed E-state index contributed by atoms with van der Waals surface area (Å²) in [4.78, 5) is 0. The molecule has 1 saturated carbocycles. The maximum absolute atomic E-state index is 6.52. The summed E-state index contributed by atoms with van der Waals surface area (Å²) in [6, 6.07) is 10.1. The van der Waals surface area contributed by atoms with Gasteiger partial charge in [0, 0.05) is 5.38 Å². The van der Waals surface area contributed by atoms with E-state index in [1.807, 2.05) is 30.3 Å². The van der Waals surface area contributed by atoms with Crippen molar-refractivity contribution in [2.75, 3.05) is 6.61 Å². The van der Waals surface area contributed by atoms with Crippen molar-refractivity contribution in [1.29, 1.82) is 0 Å². The molecule has 3 atom stereocenters. The van der Waals surface area contributed by atoms with E-state index in [2.05, 4.69) is 20.8 Å². The molecular formula is C18H27ClO. The van der Waals surface area contributed by atoms with Crippen LogP contribution in [0.25, 0.3) is 0 Å². The predicted molar refractivity (Wildman–Crippen MR) is 86.5 cm³/mol. The van der Waals surface area contributed by atoms with Crippen molar-refractivity contribution in [3.8, 4) is 5.75 Å². The monoisotopic (exact) mass is 294 g/mol. The molecule has 2 heteroatoms. The third kappa shape index (κ3) is 4.41. The van der Waals surface area contributed by atoms with Crippen LogP contribution in [-0.4, -0.2) is 12.0 Å². The number of para-hydroxylation sites is 1. The molecule has 0 aliphatic heterocycles. The Morgan fingerprint density at radius 1 is 1.15 bits per heavy atom. The quantitative estimate of drug-likeness (QED) is 0.664. The zero-order chi connectivity index (χ0) is 14.6. The molecule has 20 heavy (non-hydrogen) atoms. The van der Waals surface area contributed by atoms with Gasteiger partial charge in [0.2, 0.25) is 0 Å². The van der Waals surface area contributed by atoms with Crippen LogP contribution in [-0.2, 0) is 0 Å². The summed E-state index contributed by atoms with van der Waals surface area (Å²) >= 11 is 6.52. The first kappa shape index (κ1) is 15.7. The van der Waals surface area contributed by atoms with Crippen molar-refractivity contribution in [3.05, 3.63) is 30.3 Å². The zero-order valence-corrected chi connectivity index (χ0v) is 13.7. The molecule has 0 aromatic heterocycles. The summed E-state index contributed by atoms with van der Waals surface area (Å²) in [5, 5.41) is 0.327. The molecule has 0 N–H and O–H groups in total. The Labute approximate surface area is 128 Å². The second kappa shape index (κ2) is 6.85. The summed E-state index contributed by atoms with van der Waals surface area (Å²) in [5.41, 5.74) is 0.398. The number of alkyl halides is 1. The van der Waals surface area contributed by atoms with Crippen LogP contribution in [0.5, 0.6) is 5.75 Å². The fourth-order valence-electron chi connectivity index (χ4n) is 3.16. The minimum Gasteiger partial charge on any atom is -0.494 e. The van der Waals surface area contributed by atoms with Gasteiger partial charge in [-0.1, -0.05) is 39.0 Å². The Hall–Kier alpha value is -0.690. The molecule has 0 spiro atoms. The molecule has 112 valence electrons. The largest absolute Gasteiger partial charge is 0.494 e. The average Bonchev–Trinajstić information content (AvgIpc) is 2.41. The van der Waals surface area contributed by atoms with Crippen LogP contribution in [0.2, 0.25) is 0 Å².